The number of aliphatic carboxylic acids is 1. The molecule has 1 atom stereocenters. The molecule has 7 nitrogen and oxygen atoms in total. The number of carboxylic acids is 1. The highest BCUT2D eigenvalue weighted by Gasteiger charge is 2.43. The fraction of sp³-hybridized carbons (Fsp3) is 0.900. The van der Waals surface area contributed by atoms with Gasteiger partial charge in [0.1, 0.15) is 6.54 Å². The molecule has 0 spiro atoms. The molecule has 1 N–H and O–H groups in total. The highest BCUT2D eigenvalue weighted by atomic mass is 32.2. The molecular formula is C10H19NO6S2. The lowest BCUT2D eigenvalue weighted by Crippen LogP contribution is -2.50. The monoisotopic (exact) mass is 313 g/mol. The number of nitrogens with zero attached hydrogens (tertiary/aromatic N) is 1. The number of rotatable bonds is 4. The molecule has 0 aromatic carbocycles. The van der Waals surface area contributed by atoms with Crippen LogP contribution in [0.25, 0.3) is 0 Å². The van der Waals surface area contributed by atoms with Crippen LogP contribution in [0.4, 0.5) is 0 Å². The third kappa shape index (κ3) is 3.67. The van der Waals surface area contributed by atoms with Crippen LogP contribution in [-0.2, 0) is 24.7 Å². The molecule has 1 unspecified atom stereocenters. The average molecular weight is 313 g/mol. The summed E-state index contributed by atoms with van der Waals surface area (Å²) in [7, 11) is -7.16. The summed E-state index contributed by atoms with van der Waals surface area (Å²) < 4.78 is 47.2. The number of hydrogen-bond acceptors (Lipinski definition) is 5. The van der Waals surface area contributed by atoms with Crippen LogP contribution in [0.15, 0.2) is 0 Å². The van der Waals surface area contributed by atoms with E-state index < -0.39 is 43.2 Å². The van der Waals surface area contributed by atoms with E-state index in [1.807, 2.05) is 0 Å². The summed E-state index contributed by atoms with van der Waals surface area (Å²) in [5.41, 5.74) is 0. The number of hydrogen-bond donors (Lipinski definition) is 1. The van der Waals surface area contributed by atoms with Crippen LogP contribution in [0.1, 0.15) is 27.2 Å². The van der Waals surface area contributed by atoms with Crippen LogP contribution in [-0.4, -0.2) is 61.1 Å². The van der Waals surface area contributed by atoms with Gasteiger partial charge in [0.05, 0.1) is 16.3 Å². The van der Waals surface area contributed by atoms with Crippen LogP contribution in [0, 0.1) is 0 Å². The Morgan fingerprint density at radius 1 is 1.37 bits per heavy atom. The predicted octanol–water partition coefficient (Wildman–Crippen LogP) is -0.312. The van der Waals surface area contributed by atoms with Gasteiger partial charge >= 0.3 is 5.97 Å². The zero-order valence-electron chi connectivity index (χ0n) is 11.2. The zero-order chi connectivity index (χ0) is 15.1. The van der Waals surface area contributed by atoms with Crippen molar-refractivity contribution in [2.75, 3.05) is 18.1 Å². The lowest BCUT2D eigenvalue weighted by molar-refractivity contribution is -0.137. The van der Waals surface area contributed by atoms with E-state index >= 15 is 0 Å². The van der Waals surface area contributed by atoms with Crippen molar-refractivity contribution in [2.24, 2.45) is 0 Å². The molecule has 0 aliphatic carbocycles. The van der Waals surface area contributed by atoms with Crippen LogP contribution in [0.5, 0.6) is 0 Å². The van der Waals surface area contributed by atoms with Crippen molar-refractivity contribution in [3.05, 3.63) is 0 Å². The Labute approximate surface area is 113 Å². The first-order chi connectivity index (χ1) is 8.37. The van der Waals surface area contributed by atoms with Crippen LogP contribution >= 0.6 is 0 Å². The summed E-state index contributed by atoms with van der Waals surface area (Å²) in [6.07, 6.45) is 0.144. The number of sulfonamides is 1. The van der Waals surface area contributed by atoms with Crippen LogP contribution < -0.4 is 0 Å². The third-order valence-electron chi connectivity index (χ3n) is 2.99. The van der Waals surface area contributed by atoms with Gasteiger partial charge in [-0.1, -0.05) is 0 Å². The van der Waals surface area contributed by atoms with Gasteiger partial charge in [0.25, 0.3) is 0 Å². The second-order valence-corrected chi connectivity index (χ2v) is 10.5. The first kappa shape index (κ1) is 16.4. The molecule has 0 amide bonds. The largest absolute Gasteiger partial charge is 0.480 e. The highest BCUT2D eigenvalue weighted by Crippen LogP contribution is 2.27. The molecule has 0 saturated carbocycles. The minimum Gasteiger partial charge on any atom is -0.480 e. The summed E-state index contributed by atoms with van der Waals surface area (Å²) in [6, 6.07) is -0.787. The molecule has 1 saturated heterocycles. The standard InChI is InChI=1S/C10H19NO6S2/c1-10(2,3)19(16,17)11(6-9(12)13)8-4-5-18(14,15)7-8/h8H,4-7H2,1-3H3,(H,12,13). The predicted molar refractivity (Wildman–Crippen MR) is 70.1 cm³/mol. The summed E-state index contributed by atoms with van der Waals surface area (Å²) in [6.45, 7) is 3.67. The molecular weight excluding hydrogens is 294 g/mol. The second kappa shape index (κ2) is 5.02. The van der Waals surface area contributed by atoms with Gasteiger partial charge < -0.3 is 5.11 Å². The van der Waals surface area contributed by atoms with Gasteiger partial charge in [-0.3, -0.25) is 4.79 Å². The van der Waals surface area contributed by atoms with Crippen LogP contribution in [0.3, 0.4) is 0 Å². The molecule has 1 aliphatic rings. The van der Waals surface area contributed by atoms with Crippen molar-refractivity contribution in [1.82, 2.24) is 4.31 Å². The van der Waals surface area contributed by atoms with E-state index in [9.17, 15) is 21.6 Å². The van der Waals surface area contributed by atoms with Crippen molar-refractivity contribution in [1.29, 1.82) is 0 Å². The quantitative estimate of drug-likeness (QED) is 0.762. The first-order valence-electron chi connectivity index (χ1n) is 5.80. The summed E-state index contributed by atoms with van der Waals surface area (Å²) >= 11 is 0. The second-order valence-electron chi connectivity index (χ2n) is 5.61. The van der Waals surface area contributed by atoms with Crippen molar-refractivity contribution in [3.8, 4) is 0 Å². The van der Waals surface area contributed by atoms with E-state index in [-0.39, 0.29) is 17.9 Å². The Balaban J connectivity index is 3.14. The van der Waals surface area contributed by atoms with Gasteiger partial charge in [-0.05, 0) is 27.2 Å². The Hall–Kier alpha value is -0.670. The van der Waals surface area contributed by atoms with E-state index in [4.69, 9.17) is 5.11 Å². The van der Waals surface area contributed by atoms with Crippen molar-refractivity contribution < 1.29 is 26.7 Å². The van der Waals surface area contributed by atoms with E-state index in [0.717, 1.165) is 4.31 Å². The summed E-state index contributed by atoms with van der Waals surface area (Å²) in [4.78, 5) is 10.8. The normalized spacial score (nSPS) is 23.7. The number of sulfone groups is 1. The summed E-state index contributed by atoms with van der Waals surface area (Å²) in [5, 5.41) is 8.85. The van der Waals surface area contributed by atoms with Crippen molar-refractivity contribution >= 4 is 25.8 Å². The molecule has 1 rings (SSSR count). The van der Waals surface area contributed by atoms with Crippen LogP contribution in [0.2, 0.25) is 0 Å². The molecule has 0 aromatic rings. The zero-order valence-corrected chi connectivity index (χ0v) is 12.8. The Morgan fingerprint density at radius 3 is 2.21 bits per heavy atom. The number of carboxylic acid groups (broad SMARTS) is 1. The van der Waals surface area contributed by atoms with Gasteiger partial charge in [-0.2, -0.15) is 4.31 Å². The van der Waals surface area contributed by atoms with E-state index in [1.165, 1.54) is 20.8 Å². The maximum absolute atomic E-state index is 12.4. The lowest BCUT2D eigenvalue weighted by Gasteiger charge is -2.32. The van der Waals surface area contributed by atoms with E-state index in [1.54, 1.807) is 0 Å². The Morgan fingerprint density at radius 2 is 1.89 bits per heavy atom. The fourth-order valence-corrected chi connectivity index (χ4v) is 5.28. The minimum atomic E-state index is -3.88. The molecule has 0 aromatic heterocycles. The van der Waals surface area contributed by atoms with Crippen molar-refractivity contribution in [3.63, 3.8) is 0 Å². The highest BCUT2D eigenvalue weighted by molar-refractivity contribution is 7.92. The molecule has 112 valence electrons. The molecule has 1 aliphatic heterocycles. The minimum absolute atomic E-state index is 0.104. The molecule has 0 radical (unpaired) electrons. The molecule has 0 bridgehead atoms. The van der Waals surface area contributed by atoms with E-state index in [2.05, 4.69) is 0 Å². The van der Waals surface area contributed by atoms with Crippen molar-refractivity contribution in [2.45, 2.75) is 38.0 Å². The smallest absolute Gasteiger partial charge is 0.318 e. The average Bonchev–Trinajstić information content (AvgIpc) is 2.52. The SMILES string of the molecule is CC(C)(C)S(=O)(=O)N(CC(=O)O)C1CCS(=O)(=O)C1. The molecule has 1 heterocycles. The first-order valence-corrected chi connectivity index (χ1v) is 9.06. The van der Waals surface area contributed by atoms with Gasteiger partial charge in [-0.15, -0.1) is 0 Å². The molecule has 9 heteroatoms. The topological polar surface area (TPSA) is 109 Å². The summed E-state index contributed by atoms with van der Waals surface area (Å²) in [5.74, 6) is -1.71. The maximum atomic E-state index is 12.4. The lowest BCUT2D eigenvalue weighted by atomic mass is 10.2. The third-order valence-corrected chi connectivity index (χ3v) is 7.33. The van der Waals surface area contributed by atoms with Gasteiger partial charge in [0.15, 0.2) is 9.84 Å². The fourth-order valence-electron chi connectivity index (χ4n) is 1.90. The maximum Gasteiger partial charge on any atom is 0.318 e. The van der Waals surface area contributed by atoms with Gasteiger partial charge in [0, 0.05) is 6.04 Å². The molecule has 19 heavy (non-hydrogen) atoms. The number of carbonyl (C=O) groups is 1. The van der Waals surface area contributed by atoms with Gasteiger partial charge in [0.2, 0.25) is 10.0 Å². The Kier molecular flexibility index (Phi) is 4.33. The van der Waals surface area contributed by atoms with Gasteiger partial charge in [-0.25, -0.2) is 16.8 Å². The Bertz CT molecular complexity index is 557. The molecule has 1 fully saturated rings. The van der Waals surface area contributed by atoms with E-state index in [0.29, 0.717) is 0 Å².